The molecule has 1 fully saturated rings. The highest BCUT2D eigenvalue weighted by Crippen LogP contribution is 2.31. The zero-order valence-electron chi connectivity index (χ0n) is 17.0. The van der Waals surface area contributed by atoms with Gasteiger partial charge in [-0.05, 0) is 23.8 Å². The number of carbonyl (C=O) groups is 1. The van der Waals surface area contributed by atoms with Crippen LogP contribution in [0.4, 0.5) is 17.6 Å². The Morgan fingerprint density at radius 2 is 1.78 bits per heavy atom. The zero-order valence-corrected chi connectivity index (χ0v) is 17.0. The molecule has 0 bridgehead atoms. The molecule has 3 aromatic rings. The van der Waals surface area contributed by atoms with Crippen LogP contribution in [-0.2, 0) is 23.9 Å². The summed E-state index contributed by atoms with van der Waals surface area (Å²) in [5, 5.41) is 3.79. The molecule has 0 radical (unpaired) electrons. The SMILES string of the molecule is O=C(Cc1ccccc1F)N1CCN(Cc2nc(-c3cccc(C(F)(F)F)c3)no2)CC1. The van der Waals surface area contributed by atoms with Gasteiger partial charge in [-0.15, -0.1) is 0 Å². The summed E-state index contributed by atoms with van der Waals surface area (Å²) in [6.45, 7) is 2.39. The molecule has 168 valence electrons. The van der Waals surface area contributed by atoms with Gasteiger partial charge >= 0.3 is 6.18 Å². The fraction of sp³-hybridized carbons (Fsp3) is 0.318. The van der Waals surface area contributed by atoms with Crippen molar-refractivity contribution in [3.63, 3.8) is 0 Å². The second-order valence-corrected chi connectivity index (χ2v) is 7.52. The monoisotopic (exact) mass is 448 g/mol. The molecule has 6 nitrogen and oxygen atoms in total. The molecule has 32 heavy (non-hydrogen) atoms. The van der Waals surface area contributed by atoms with Gasteiger partial charge in [0.25, 0.3) is 0 Å². The van der Waals surface area contributed by atoms with Crippen molar-refractivity contribution in [2.75, 3.05) is 26.2 Å². The Labute approximate surface area is 181 Å². The van der Waals surface area contributed by atoms with Crippen LogP contribution in [-0.4, -0.2) is 52.0 Å². The Hall–Kier alpha value is -3.27. The van der Waals surface area contributed by atoms with Gasteiger partial charge in [0.2, 0.25) is 17.6 Å². The van der Waals surface area contributed by atoms with Crippen LogP contribution in [0.1, 0.15) is 17.0 Å². The van der Waals surface area contributed by atoms with Crippen LogP contribution < -0.4 is 0 Å². The Balaban J connectivity index is 1.32. The van der Waals surface area contributed by atoms with Gasteiger partial charge in [0.1, 0.15) is 5.82 Å². The number of carbonyl (C=O) groups excluding carboxylic acids is 1. The number of rotatable bonds is 5. The molecule has 1 saturated heterocycles. The summed E-state index contributed by atoms with van der Waals surface area (Å²) in [6.07, 6.45) is -4.44. The summed E-state index contributed by atoms with van der Waals surface area (Å²) in [4.78, 5) is 20.4. The molecule has 0 aliphatic carbocycles. The van der Waals surface area contributed by atoms with E-state index in [1.54, 1.807) is 23.1 Å². The summed E-state index contributed by atoms with van der Waals surface area (Å²) >= 11 is 0. The van der Waals surface area contributed by atoms with Crippen LogP contribution in [0.3, 0.4) is 0 Å². The summed E-state index contributed by atoms with van der Waals surface area (Å²) in [5.74, 6) is -0.167. The van der Waals surface area contributed by atoms with E-state index >= 15 is 0 Å². The zero-order chi connectivity index (χ0) is 22.7. The molecule has 1 aromatic heterocycles. The number of alkyl halides is 3. The standard InChI is InChI=1S/C22H20F4N4O2/c23-18-7-2-1-4-15(18)13-20(31)30-10-8-29(9-11-30)14-19-27-21(28-32-19)16-5-3-6-17(12-16)22(24,25)26/h1-7,12H,8-11,13-14H2. The number of piperazine rings is 1. The van der Waals surface area contributed by atoms with Crippen LogP contribution in [0.2, 0.25) is 0 Å². The molecule has 4 rings (SSSR count). The topological polar surface area (TPSA) is 62.5 Å². The molecule has 2 heterocycles. The molecule has 0 N–H and O–H groups in total. The maximum absolute atomic E-state index is 13.8. The number of nitrogens with zero attached hydrogens (tertiary/aromatic N) is 4. The van der Waals surface area contributed by atoms with Crippen LogP contribution in [0.25, 0.3) is 11.4 Å². The van der Waals surface area contributed by atoms with E-state index in [0.717, 1.165) is 12.1 Å². The fourth-order valence-electron chi connectivity index (χ4n) is 3.53. The van der Waals surface area contributed by atoms with Crippen molar-refractivity contribution in [3.8, 4) is 11.4 Å². The van der Waals surface area contributed by atoms with E-state index in [1.807, 2.05) is 4.90 Å². The van der Waals surface area contributed by atoms with E-state index in [9.17, 15) is 22.4 Å². The highest BCUT2D eigenvalue weighted by molar-refractivity contribution is 5.79. The minimum Gasteiger partial charge on any atom is -0.340 e. The summed E-state index contributed by atoms with van der Waals surface area (Å²) in [7, 11) is 0. The van der Waals surface area contributed by atoms with Crippen molar-refractivity contribution in [1.82, 2.24) is 19.9 Å². The lowest BCUT2D eigenvalue weighted by Gasteiger charge is -2.34. The quantitative estimate of drug-likeness (QED) is 0.556. The molecular weight excluding hydrogens is 428 g/mol. The molecule has 10 heteroatoms. The fourth-order valence-corrected chi connectivity index (χ4v) is 3.53. The average Bonchev–Trinajstić information content (AvgIpc) is 3.24. The molecule has 2 aromatic carbocycles. The van der Waals surface area contributed by atoms with E-state index in [1.165, 1.54) is 18.2 Å². The Morgan fingerprint density at radius 1 is 1.03 bits per heavy atom. The largest absolute Gasteiger partial charge is 0.416 e. The van der Waals surface area contributed by atoms with E-state index in [0.29, 0.717) is 38.3 Å². The molecule has 0 unspecified atom stereocenters. The van der Waals surface area contributed by atoms with Gasteiger partial charge < -0.3 is 9.42 Å². The summed E-state index contributed by atoms with van der Waals surface area (Å²) in [5.41, 5.74) is -0.191. The number of hydrogen-bond acceptors (Lipinski definition) is 5. The second kappa shape index (κ2) is 9.07. The van der Waals surface area contributed by atoms with Crippen molar-refractivity contribution in [1.29, 1.82) is 0 Å². The van der Waals surface area contributed by atoms with E-state index < -0.39 is 17.6 Å². The predicted octanol–water partition coefficient (Wildman–Crippen LogP) is 3.78. The van der Waals surface area contributed by atoms with E-state index in [4.69, 9.17) is 4.52 Å². The van der Waals surface area contributed by atoms with Crippen molar-refractivity contribution < 1.29 is 26.9 Å². The first-order chi connectivity index (χ1) is 15.3. The molecule has 1 aliphatic heterocycles. The average molecular weight is 448 g/mol. The summed E-state index contributed by atoms with van der Waals surface area (Å²) < 4.78 is 57.7. The van der Waals surface area contributed by atoms with Gasteiger partial charge in [-0.3, -0.25) is 9.69 Å². The normalized spacial score (nSPS) is 15.2. The lowest BCUT2D eigenvalue weighted by atomic mass is 10.1. The van der Waals surface area contributed by atoms with E-state index in [-0.39, 0.29) is 29.6 Å². The second-order valence-electron chi connectivity index (χ2n) is 7.52. The van der Waals surface area contributed by atoms with Crippen LogP contribution >= 0.6 is 0 Å². The molecule has 1 amide bonds. The van der Waals surface area contributed by atoms with Gasteiger partial charge in [-0.25, -0.2) is 4.39 Å². The van der Waals surface area contributed by atoms with Crippen molar-refractivity contribution >= 4 is 5.91 Å². The number of aromatic nitrogens is 2. The van der Waals surface area contributed by atoms with Gasteiger partial charge in [-0.2, -0.15) is 18.2 Å². The Kier molecular flexibility index (Phi) is 6.22. The first kappa shape index (κ1) is 21.9. The third-order valence-electron chi connectivity index (χ3n) is 5.30. The van der Waals surface area contributed by atoms with Crippen molar-refractivity contribution in [2.24, 2.45) is 0 Å². The van der Waals surface area contributed by atoms with Crippen LogP contribution in [0, 0.1) is 5.82 Å². The minimum atomic E-state index is -4.45. The first-order valence-electron chi connectivity index (χ1n) is 10.0. The van der Waals surface area contributed by atoms with Crippen LogP contribution in [0.5, 0.6) is 0 Å². The molecule has 0 atom stereocenters. The maximum atomic E-state index is 13.8. The Morgan fingerprint density at radius 3 is 2.50 bits per heavy atom. The lowest BCUT2D eigenvalue weighted by Crippen LogP contribution is -2.48. The highest BCUT2D eigenvalue weighted by Gasteiger charge is 2.31. The van der Waals surface area contributed by atoms with Gasteiger partial charge in [-0.1, -0.05) is 35.5 Å². The molecule has 1 aliphatic rings. The summed E-state index contributed by atoms with van der Waals surface area (Å²) in [6, 6.07) is 11.0. The lowest BCUT2D eigenvalue weighted by molar-refractivity contribution is -0.137. The number of benzene rings is 2. The minimum absolute atomic E-state index is 0.0106. The van der Waals surface area contributed by atoms with Gasteiger partial charge in [0.05, 0.1) is 18.5 Å². The van der Waals surface area contributed by atoms with Crippen molar-refractivity contribution in [2.45, 2.75) is 19.1 Å². The van der Waals surface area contributed by atoms with Crippen LogP contribution in [0.15, 0.2) is 53.1 Å². The number of amides is 1. The molecular formula is C22H20F4N4O2. The number of hydrogen-bond donors (Lipinski definition) is 0. The van der Waals surface area contributed by atoms with E-state index in [2.05, 4.69) is 10.1 Å². The third kappa shape index (κ3) is 5.13. The smallest absolute Gasteiger partial charge is 0.340 e. The van der Waals surface area contributed by atoms with Gasteiger partial charge in [0.15, 0.2) is 0 Å². The third-order valence-corrected chi connectivity index (χ3v) is 5.30. The predicted molar refractivity (Wildman–Crippen MR) is 107 cm³/mol. The maximum Gasteiger partial charge on any atom is 0.416 e. The number of halogens is 4. The first-order valence-corrected chi connectivity index (χ1v) is 10.0. The van der Waals surface area contributed by atoms with Crippen molar-refractivity contribution in [3.05, 3.63) is 71.4 Å². The van der Waals surface area contributed by atoms with Gasteiger partial charge in [0, 0.05) is 31.7 Å². The highest BCUT2D eigenvalue weighted by atomic mass is 19.4. The Bertz CT molecular complexity index is 1090. The molecule has 0 saturated carbocycles. The molecule has 0 spiro atoms.